The molecule has 1 aliphatic heterocycles. The summed E-state index contributed by atoms with van der Waals surface area (Å²) in [4.78, 5) is 4.32. The summed E-state index contributed by atoms with van der Waals surface area (Å²) in [6, 6.07) is 0. The summed E-state index contributed by atoms with van der Waals surface area (Å²) < 4.78 is 10.6. The van der Waals surface area contributed by atoms with Crippen molar-refractivity contribution in [1.29, 1.82) is 0 Å². The Balaban J connectivity index is 2.18. The average molecular weight is 229 g/mol. The van der Waals surface area contributed by atoms with Crippen molar-refractivity contribution < 1.29 is 9.47 Å². The van der Waals surface area contributed by atoms with Gasteiger partial charge in [0.25, 0.3) is 0 Å². The van der Waals surface area contributed by atoms with Crippen LogP contribution in [-0.2, 0) is 9.47 Å². The van der Waals surface area contributed by atoms with E-state index >= 15 is 0 Å². The molecule has 5 nitrogen and oxygen atoms in total. The largest absolute Gasteiger partial charge is 0.383 e. The Labute approximate surface area is 97.4 Å². The van der Waals surface area contributed by atoms with Gasteiger partial charge in [-0.3, -0.25) is 4.99 Å². The molecule has 16 heavy (non-hydrogen) atoms. The lowest BCUT2D eigenvalue weighted by Gasteiger charge is -2.22. The molecule has 0 aromatic carbocycles. The Hall–Kier alpha value is -0.650. The van der Waals surface area contributed by atoms with Crippen molar-refractivity contribution in [2.24, 2.45) is 10.8 Å². The van der Waals surface area contributed by atoms with Gasteiger partial charge in [0.1, 0.15) is 5.84 Å². The first-order chi connectivity index (χ1) is 7.86. The Kier molecular flexibility index (Phi) is 7.12. The van der Waals surface area contributed by atoms with Crippen LogP contribution < -0.4 is 11.3 Å². The average Bonchev–Trinajstić information content (AvgIpc) is 2.35. The second-order valence-electron chi connectivity index (χ2n) is 3.99. The zero-order valence-corrected chi connectivity index (χ0v) is 10.1. The third-order valence-corrected chi connectivity index (χ3v) is 2.74. The lowest BCUT2D eigenvalue weighted by Crippen LogP contribution is -2.32. The topological polar surface area (TPSA) is 68.9 Å². The summed E-state index contributed by atoms with van der Waals surface area (Å²) in [5, 5.41) is 0. The predicted molar refractivity (Wildman–Crippen MR) is 64.3 cm³/mol. The number of hydrazine groups is 1. The van der Waals surface area contributed by atoms with E-state index in [0.29, 0.717) is 19.3 Å². The van der Waals surface area contributed by atoms with E-state index in [-0.39, 0.29) is 0 Å². The quantitative estimate of drug-likeness (QED) is 0.233. The highest BCUT2D eigenvalue weighted by molar-refractivity contribution is 5.81. The molecule has 0 aromatic heterocycles. The van der Waals surface area contributed by atoms with E-state index < -0.39 is 0 Å². The van der Waals surface area contributed by atoms with Gasteiger partial charge in [-0.1, -0.05) is 0 Å². The molecule has 0 aromatic rings. The minimum absolute atomic E-state index is 0.384. The van der Waals surface area contributed by atoms with Crippen LogP contribution in [0.4, 0.5) is 0 Å². The van der Waals surface area contributed by atoms with Gasteiger partial charge >= 0.3 is 0 Å². The van der Waals surface area contributed by atoms with Crippen LogP contribution in [0.25, 0.3) is 0 Å². The minimum atomic E-state index is 0.384. The molecule has 0 aliphatic carbocycles. The molecule has 0 radical (unpaired) electrons. The van der Waals surface area contributed by atoms with Gasteiger partial charge in [0, 0.05) is 20.1 Å². The summed E-state index contributed by atoms with van der Waals surface area (Å²) in [7, 11) is 1.67. The van der Waals surface area contributed by atoms with E-state index in [9.17, 15) is 0 Å². The molecule has 1 fully saturated rings. The number of ether oxygens (including phenoxy) is 2. The molecule has 1 saturated heterocycles. The van der Waals surface area contributed by atoms with Gasteiger partial charge in [0.2, 0.25) is 0 Å². The molecular formula is C11H23N3O2. The van der Waals surface area contributed by atoms with E-state index in [1.54, 1.807) is 7.11 Å². The number of hydrogen-bond donors (Lipinski definition) is 2. The number of nitrogens with one attached hydrogen (secondary N) is 1. The normalized spacial score (nSPS) is 22.1. The molecule has 1 rings (SSSR count). The Morgan fingerprint density at radius 1 is 1.56 bits per heavy atom. The van der Waals surface area contributed by atoms with Gasteiger partial charge in [-0.25, -0.2) is 5.84 Å². The number of amidine groups is 1. The van der Waals surface area contributed by atoms with E-state index in [2.05, 4.69) is 10.4 Å². The van der Waals surface area contributed by atoms with Crippen molar-refractivity contribution in [3.8, 4) is 0 Å². The van der Waals surface area contributed by atoms with Crippen molar-refractivity contribution >= 4 is 5.84 Å². The van der Waals surface area contributed by atoms with Crippen LogP contribution in [-0.4, -0.2) is 38.8 Å². The fourth-order valence-corrected chi connectivity index (χ4v) is 1.80. The standard InChI is InChI=1S/C11H23N3O2/c1-15-9-7-13-11(14-12)6-5-10-4-2-3-8-16-10/h10H,2-9,12H2,1H3,(H,13,14). The van der Waals surface area contributed by atoms with Gasteiger partial charge in [0.15, 0.2) is 0 Å². The second kappa shape index (κ2) is 8.50. The summed E-state index contributed by atoms with van der Waals surface area (Å²) in [6.07, 6.45) is 5.86. The van der Waals surface area contributed by atoms with Crippen LogP contribution in [0.5, 0.6) is 0 Å². The molecule has 0 bridgehead atoms. The lowest BCUT2D eigenvalue weighted by molar-refractivity contribution is 0.0124. The number of methoxy groups -OCH3 is 1. The SMILES string of the molecule is COCCN=C(CCC1CCCCO1)NN. The van der Waals surface area contributed by atoms with Crippen LogP contribution in [0.15, 0.2) is 4.99 Å². The van der Waals surface area contributed by atoms with Gasteiger partial charge < -0.3 is 14.9 Å². The van der Waals surface area contributed by atoms with Crippen molar-refractivity contribution in [2.45, 2.75) is 38.2 Å². The maximum Gasteiger partial charge on any atom is 0.110 e. The number of nitrogens with zero attached hydrogens (tertiary/aromatic N) is 1. The minimum Gasteiger partial charge on any atom is -0.383 e. The number of aliphatic imine (C=N–C) groups is 1. The monoisotopic (exact) mass is 229 g/mol. The molecule has 1 atom stereocenters. The first kappa shape index (κ1) is 13.4. The van der Waals surface area contributed by atoms with Crippen molar-refractivity contribution in [2.75, 3.05) is 26.9 Å². The van der Waals surface area contributed by atoms with Crippen molar-refractivity contribution in [3.63, 3.8) is 0 Å². The van der Waals surface area contributed by atoms with Crippen LogP contribution in [0.2, 0.25) is 0 Å². The molecule has 1 unspecified atom stereocenters. The molecule has 0 amide bonds. The number of nitrogens with two attached hydrogens (primary N) is 1. The van der Waals surface area contributed by atoms with Crippen LogP contribution >= 0.6 is 0 Å². The van der Waals surface area contributed by atoms with Crippen LogP contribution in [0.1, 0.15) is 32.1 Å². The molecule has 94 valence electrons. The molecule has 1 aliphatic rings. The Morgan fingerprint density at radius 3 is 3.06 bits per heavy atom. The lowest BCUT2D eigenvalue weighted by atomic mass is 10.0. The molecule has 5 heteroatoms. The highest BCUT2D eigenvalue weighted by Crippen LogP contribution is 2.16. The van der Waals surface area contributed by atoms with Crippen molar-refractivity contribution in [1.82, 2.24) is 5.43 Å². The summed E-state index contributed by atoms with van der Waals surface area (Å²) in [6.45, 7) is 2.18. The first-order valence-electron chi connectivity index (χ1n) is 5.97. The van der Waals surface area contributed by atoms with Crippen molar-refractivity contribution in [3.05, 3.63) is 0 Å². The third-order valence-electron chi connectivity index (χ3n) is 2.74. The fraction of sp³-hybridized carbons (Fsp3) is 0.909. The molecular weight excluding hydrogens is 206 g/mol. The molecule has 1 heterocycles. The van der Waals surface area contributed by atoms with Gasteiger partial charge in [-0.05, 0) is 25.7 Å². The molecule has 0 spiro atoms. The Morgan fingerprint density at radius 2 is 2.44 bits per heavy atom. The third kappa shape index (κ3) is 5.44. The van der Waals surface area contributed by atoms with Gasteiger partial charge in [-0.2, -0.15) is 0 Å². The second-order valence-corrected chi connectivity index (χ2v) is 3.99. The highest BCUT2D eigenvalue weighted by atomic mass is 16.5. The molecule has 3 N–H and O–H groups in total. The number of rotatable bonds is 6. The fourth-order valence-electron chi connectivity index (χ4n) is 1.80. The maximum atomic E-state index is 5.65. The van der Waals surface area contributed by atoms with E-state index in [1.165, 1.54) is 12.8 Å². The van der Waals surface area contributed by atoms with E-state index in [4.69, 9.17) is 15.3 Å². The Bertz CT molecular complexity index is 203. The zero-order valence-electron chi connectivity index (χ0n) is 10.1. The highest BCUT2D eigenvalue weighted by Gasteiger charge is 2.14. The molecule has 0 saturated carbocycles. The van der Waals surface area contributed by atoms with E-state index in [0.717, 1.165) is 31.7 Å². The van der Waals surface area contributed by atoms with Crippen LogP contribution in [0, 0.1) is 0 Å². The maximum absolute atomic E-state index is 5.65. The smallest absolute Gasteiger partial charge is 0.110 e. The van der Waals surface area contributed by atoms with Gasteiger partial charge in [0.05, 0.1) is 19.3 Å². The number of hydrogen-bond acceptors (Lipinski definition) is 4. The summed E-state index contributed by atoms with van der Waals surface area (Å²) in [5.41, 5.74) is 2.64. The van der Waals surface area contributed by atoms with Gasteiger partial charge in [-0.15, -0.1) is 0 Å². The summed E-state index contributed by atoms with van der Waals surface area (Å²) in [5.74, 6) is 6.25. The van der Waals surface area contributed by atoms with Crippen LogP contribution in [0.3, 0.4) is 0 Å². The first-order valence-corrected chi connectivity index (χ1v) is 5.97. The zero-order chi connectivity index (χ0) is 11.6. The summed E-state index contributed by atoms with van der Waals surface area (Å²) >= 11 is 0. The van der Waals surface area contributed by atoms with E-state index in [1.807, 2.05) is 0 Å². The predicted octanol–water partition coefficient (Wildman–Crippen LogP) is 0.844.